The van der Waals surface area contributed by atoms with Crippen LogP contribution in [0.3, 0.4) is 0 Å². The van der Waals surface area contributed by atoms with Gasteiger partial charge in [-0.3, -0.25) is 9.59 Å². The summed E-state index contributed by atoms with van der Waals surface area (Å²) in [5, 5.41) is 11.7. The summed E-state index contributed by atoms with van der Waals surface area (Å²) in [7, 11) is 0. The van der Waals surface area contributed by atoms with Gasteiger partial charge in [-0.25, -0.2) is 4.39 Å². The molecule has 0 heterocycles. The lowest BCUT2D eigenvalue weighted by Crippen LogP contribution is -2.58. The molecule has 3 fully saturated rings. The second-order valence-corrected chi connectivity index (χ2v) is 11.0. The van der Waals surface area contributed by atoms with Crippen LogP contribution in [0, 0.1) is 34.4 Å². The number of aliphatic hydroxyl groups is 1. The molecule has 32 heavy (non-hydrogen) atoms. The number of halogens is 1. The summed E-state index contributed by atoms with van der Waals surface area (Å²) in [5.41, 5.74) is -0.483. The number of hydrogen-bond donors (Lipinski definition) is 1. The van der Waals surface area contributed by atoms with Crippen molar-refractivity contribution in [2.45, 2.75) is 70.8 Å². The highest BCUT2D eigenvalue weighted by Gasteiger charge is 2.66. The van der Waals surface area contributed by atoms with Crippen molar-refractivity contribution in [3.63, 3.8) is 0 Å². The zero-order valence-electron chi connectivity index (χ0n) is 19.0. The maximum atomic E-state index is 13.4. The second kappa shape index (κ2) is 7.51. The number of ether oxygens (including phenoxy) is 1. The van der Waals surface area contributed by atoms with E-state index in [-0.39, 0.29) is 23.6 Å². The first-order chi connectivity index (χ1) is 15.2. The predicted molar refractivity (Wildman–Crippen MR) is 119 cm³/mol. The van der Waals surface area contributed by atoms with E-state index in [0.717, 1.165) is 38.5 Å². The Bertz CT molecular complexity index is 986. The van der Waals surface area contributed by atoms with Gasteiger partial charge in [-0.05, 0) is 86.3 Å². The molecule has 0 saturated heterocycles. The van der Waals surface area contributed by atoms with Gasteiger partial charge >= 0.3 is 0 Å². The molecule has 172 valence electrons. The van der Waals surface area contributed by atoms with E-state index in [0.29, 0.717) is 36.3 Å². The molecular formula is C27H33FO4. The normalized spacial score (nSPS) is 40.7. The first-order valence-corrected chi connectivity index (χ1v) is 12.1. The summed E-state index contributed by atoms with van der Waals surface area (Å²) in [6.07, 6.45) is 8.52. The Hall–Kier alpha value is -2.01. The van der Waals surface area contributed by atoms with E-state index >= 15 is 0 Å². The number of Topliss-reactive ketones (excluding diaryl/α,β-unsaturated/α-hetero) is 1. The van der Waals surface area contributed by atoms with Gasteiger partial charge in [0.15, 0.2) is 5.78 Å². The van der Waals surface area contributed by atoms with E-state index in [1.807, 2.05) is 6.08 Å². The molecule has 4 aliphatic rings. The summed E-state index contributed by atoms with van der Waals surface area (Å²) in [6, 6.07) is 5.75. The molecule has 1 aromatic carbocycles. The maximum absolute atomic E-state index is 13.4. The van der Waals surface area contributed by atoms with Crippen molar-refractivity contribution in [1.29, 1.82) is 0 Å². The predicted octanol–water partition coefficient (Wildman–Crippen LogP) is 5.04. The minimum Gasteiger partial charge on any atom is -0.486 e. The fourth-order valence-electron chi connectivity index (χ4n) is 7.86. The van der Waals surface area contributed by atoms with Crippen LogP contribution in [0.1, 0.15) is 65.2 Å². The zero-order chi connectivity index (χ0) is 22.7. The molecule has 5 unspecified atom stereocenters. The van der Waals surface area contributed by atoms with Crippen LogP contribution in [0.25, 0.3) is 0 Å². The summed E-state index contributed by atoms with van der Waals surface area (Å²) in [4.78, 5) is 25.3. The molecular weight excluding hydrogens is 407 g/mol. The Labute approximate surface area is 189 Å². The third-order valence-corrected chi connectivity index (χ3v) is 9.74. The van der Waals surface area contributed by atoms with Gasteiger partial charge in [0, 0.05) is 17.9 Å². The van der Waals surface area contributed by atoms with Crippen LogP contribution in [-0.4, -0.2) is 28.9 Å². The van der Waals surface area contributed by atoms with Gasteiger partial charge in [-0.1, -0.05) is 25.5 Å². The highest BCUT2D eigenvalue weighted by atomic mass is 19.1. The van der Waals surface area contributed by atoms with Crippen molar-refractivity contribution in [3.05, 3.63) is 41.7 Å². The fourth-order valence-corrected chi connectivity index (χ4v) is 7.86. The average Bonchev–Trinajstić information content (AvgIpc) is 3.04. The van der Waals surface area contributed by atoms with Crippen LogP contribution in [0.4, 0.5) is 4.39 Å². The molecule has 0 bridgehead atoms. The number of fused-ring (bicyclic) bond motifs is 5. The molecule has 1 N–H and O–H groups in total. The van der Waals surface area contributed by atoms with E-state index in [9.17, 15) is 19.1 Å². The topological polar surface area (TPSA) is 63.6 Å². The third kappa shape index (κ3) is 3.11. The lowest BCUT2D eigenvalue weighted by atomic mass is 9.46. The van der Waals surface area contributed by atoms with Gasteiger partial charge < -0.3 is 9.84 Å². The molecule has 0 spiro atoms. The molecule has 5 rings (SSSR count). The third-order valence-electron chi connectivity index (χ3n) is 9.74. The number of rotatable bonds is 4. The van der Waals surface area contributed by atoms with Crippen molar-refractivity contribution < 1.29 is 23.8 Å². The van der Waals surface area contributed by atoms with Gasteiger partial charge in [0.1, 0.15) is 23.8 Å². The maximum Gasteiger partial charge on any atom is 0.202 e. The number of hydrogen-bond acceptors (Lipinski definition) is 4. The first-order valence-electron chi connectivity index (χ1n) is 12.1. The Kier molecular flexibility index (Phi) is 5.12. The van der Waals surface area contributed by atoms with Crippen LogP contribution in [0.15, 0.2) is 35.9 Å². The van der Waals surface area contributed by atoms with Crippen molar-refractivity contribution in [3.8, 4) is 5.75 Å². The number of benzene rings is 1. The lowest BCUT2D eigenvalue weighted by Gasteiger charge is -2.58. The van der Waals surface area contributed by atoms with Crippen molar-refractivity contribution >= 4 is 11.6 Å². The molecule has 1 aromatic rings. The standard InChI is InChI=1S/C27H33FO4/c1-25-11-8-19(29)14-17(25)6-7-21-22(25)9-12-26(2)23(21)10-13-27(26,31)24(30)16-32-20-5-3-4-18(28)15-20/h3-5,14-15,21-23,31H,6-13,16H2,1-2H3/t21?,22?,23?,25?,26?,27-/m0/s1. The molecule has 0 amide bonds. The number of carbonyl (C=O) groups excluding carboxylic acids is 2. The number of ketones is 2. The highest BCUT2D eigenvalue weighted by Crippen LogP contribution is 2.67. The molecule has 0 aromatic heterocycles. The summed E-state index contributed by atoms with van der Waals surface area (Å²) in [6.45, 7) is 4.19. The fraction of sp³-hybridized carbons (Fsp3) is 0.630. The summed E-state index contributed by atoms with van der Waals surface area (Å²) < 4.78 is 19.0. The van der Waals surface area contributed by atoms with Gasteiger partial charge in [0.2, 0.25) is 5.78 Å². The van der Waals surface area contributed by atoms with E-state index in [2.05, 4.69) is 13.8 Å². The highest BCUT2D eigenvalue weighted by molar-refractivity contribution is 5.92. The Morgan fingerprint density at radius 1 is 1.12 bits per heavy atom. The quantitative estimate of drug-likeness (QED) is 0.713. The largest absolute Gasteiger partial charge is 0.486 e. The molecule has 4 aliphatic carbocycles. The molecule has 3 saturated carbocycles. The zero-order valence-corrected chi connectivity index (χ0v) is 19.0. The Morgan fingerprint density at radius 3 is 2.69 bits per heavy atom. The Morgan fingerprint density at radius 2 is 1.91 bits per heavy atom. The minimum atomic E-state index is -1.41. The van der Waals surface area contributed by atoms with Crippen LogP contribution in [-0.2, 0) is 9.59 Å². The second-order valence-electron chi connectivity index (χ2n) is 11.0. The monoisotopic (exact) mass is 440 g/mol. The van der Waals surface area contributed by atoms with Gasteiger partial charge in [-0.15, -0.1) is 0 Å². The van der Waals surface area contributed by atoms with Gasteiger partial charge in [0.05, 0.1) is 0 Å². The number of allylic oxidation sites excluding steroid dienone is 1. The lowest BCUT2D eigenvalue weighted by molar-refractivity contribution is -0.164. The molecule has 5 heteroatoms. The average molecular weight is 441 g/mol. The van der Waals surface area contributed by atoms with E-state index < -0.39 is 16.8 Å². The molecule has 0 aliphatic heterocycles. The van der Waals surface area contributed by atoms with Crippen molar-refractivity contribution in [2.24, 2.45) is 28.6 Å². The van der Waals surface area contributed by atoms with Crippen molar-refractivity contribution in [2.75, 3.05) is 6.61 Å². The van der Waals surface area contributed by atoms with Crippen LogP contribution in [0.5, 0.6) is 5.75 Å². The Balaban J connectivity index is 1.36. The summed E-state index contributed by atoms with van der Waals surface area (Å²) in [5.74, 6) is 1.12. The first kappa shape index (κ1) is 21.8. The van der Waals surface area contributed by atoms with Crippen LogP contribution in [0.2, 0.25) is 0 Å². The smallest absolute Gasteiger partial charge is 0.202 e. The van der Waals surface area contributed by atoms with Crippen LogP contribution >= 0.6 is 0 Å². The SMILES string of the molecule is CC12CCC(=O)C=C1CCC1C2CCC2(C)C1CC[C@]2(O)C(=O)COc1cccc(F)c1. The minimum absolute atomic E-state index is 0.0728. The molecule has 0 radical (unpaired) electrons. The van der Waals surface area contributed by atoms with Gasteiger partial charge in [-0.2, -0.15) is 0 Å². The van der Waals surface area contributed by atoms with E-state index in [1.165, 1.54) is 17.7 Å². The summed E-state index contributed by atoms with van der Waals surface area (Å²) >= 11 is 0. The van der Waals surface area contributed by atoms with Crippen LogP contribution < -0.4 is 4.74 Å². The van der Waals surface area contributed by atoms with E-state index in [4.69, 9.17) is 4.74 Å². The molecule has 4 nitrogen and oxygen atoms in total. The van der Waals surface area contributed by atoms with Gasteiger partial charge in [0.25, 0.3) is 0 Å². The molecule has 6 atom stereocenters. The van der Waals surface area contributed by atoms with E-state index in [1.54, 1.807) is 12.1 Å². The van der Waals surface area contributed by atoms with Crippen molar-refractivity contribution in [1.82, 2.24) is 0 Å². The number of carbonyl (C=O) groups is 2.